The summed E-state index contributed by atoms with van der Waals surface area (Å²) in [5.41, 5.74) is 1.42. The van der Waals surface area contributed by atoms with E-state index >= 15 is 0 Å². The normalized spacial score (nSPS) is 16.2. The fourth-order valence-corrected chi connectivity index (χ4v) is 3.23. The second-order valence-electron chi connectivity index (χ2n) is 7.15. The molecule has 1 aliphatic heterocycles. The van der Waals surface area contributed by atoms with Crippen molar-refractivity contribution >= 4 is 11.8 Å². The van der Waals surface area contributed by atoms with E-state index in [-0.39, 0.29) is 24.1 Å². The van der Waals surface area contributed by atoms with Crippen LogP contribution >= 0.6 is 0 Å². The molecule has 2 amide bonds. The maximum absolute atomic E-state index is 12.5. The molecule has 144 valence electrons. The Balaban J connectivity index is 1.54. The first-order valence-corrected chi connectivity index (χ1v) is 9.06. The molecule has 1 aromatic carbocycles. The van der Waals surface area contributed by atoms with Crippen LogP contribution in [-0.2, 0) is 17.8 Å². The zero-order valence-electron chi connectivity index (χ0n) is 15.7. The highest BCUT2D eigenvalue weighted by molar-refractivity contribution is 5.91. The molecule has 1 saturated heterocycles. The number of nitrogens with one attached hydrogen (secondary N) is 1. The highest BCUT2D eigenvalue weighted by atomic mass is 16.3. The Kier molecular flexibility index (Phi) is 5.55. The van der Waals surface area contributed by atoms with Gasteiger partial charge in [-0.3, -0.25) is 9.59 Å². The van der Waals surface area contributed by atoms with Crippen molar-refractivity contribution in [1.82, 2.24) is 25.2 Å². The predicted molar refractivity (Wildman–Crippen MR) is 99.1 cm³/mol. The van der Waals surface area contributed by atoms with Crippen molar-refractivity contribution in [1.29, 1.82) is 0 Å². The van der Waals surface area contributed by atoms with Crippen LogP contribution in [0, 0.1) is 6.92 Å². The molecule has 8 heteroatoms. The van der Waals surface area contributed by atoms with Crippen molar-refractivity contribution in [3.63, 3.8) is 0 Å². The quantitative estimate of drug-likeness (QED) is 0.799. The summed E-state index contributed by atoms with van der Waals surface area (Å²) in [6, 6.07) is 7.95. The first-order valence-electron chi connectivity index (χ1n) is 9.06. The third-order valence-electron chi connectivity index (χ3n) is 4.98. The van der Waals surface area contributed by atoms with Gasteiger partial charge in [-0.05, 0) is 25.3 Å². The van der Waals surface area contributed by atoms with Gasteiger partial charge in [0.15, 0.2) is 5.69 Å². The SMILES string of the molecule is CNC(=O)c1cn(CC2(O)CCN(C(=O)Cc3ccc(C)cc3)CC2)nn1. The van der Waals surface area contributed by atoms with E-state index in [1.54, 1.807) is 4.90 Å². The van der Waals surface area contributed by atoms with Crippen LogP contribution < -0.4 is 5.32 Å². The summed E-state index contributed by atoms with van der Waals surface area (Å²) in [6.07, 6.45) is 2.81. The van der Waals surface area contributed by atoms with E-state index in [4.69, 9.17) is 0 Å². The lowest BCUT2D eigenvalue weighted by molar-refractivity contribution is -0.135. The molecule has 0 aliphatic carbocycles. The van der Waals surface area contributed by atoms with Gasteiger partial charge in [-0.1, -0.05) is 35.0 Å². The zero-order valence-corrected chi connectivity index (χ0v) is 15.7. The molecule has 0 unspecified atom stereocenters. The van der Waals surface area contributed by atoms with E-state index in [9.17, 15) is 14.7 Å². The topological polar surface area (TPSA) is 100 Å². The first kappa shape index (κ1) is 19.0. The van der Waals surface area contributed by atoms with Crippen molar-refractivity contribution in [3.05, 3.63) is 47.3 Å². The molecule has 2 heterocycles. The van der Waals surface area contributed by atoms with Crippen molar-refractivity contribution in [2.75, 3.05) is 20.1 Å². The van der Waals surface area contributed by atoms with E-state index in [0.29, 0.717) is 32.4 Å². The molecule has 0 saturated carbocycles. The number of hydrogen-bond donors (Lipinski definition) is 2. The number of nitrogens with zero attached hydrogens (tertiary/aromatic N) is 4. The number of aromatic nitrogens is 3. The number of carbonyl (C=O) groups is 2. The maximum atomic E-state index is 12.5. The Morgan fingerprint density at radius 1 is 1.22 bits per heavy atom. The number of piperidine rings is 1. The van der Waals surface area contributed by atoms with Crippen molar-refractivity contribution in [3.8, 4) is 0 Å². The summed E-state index contributed by atoms with van der Waals surface area (Å²) < 4.78 is 1.48. The predicted octanol–water partition coefficient (Wildman–Crippen LogP) is 0.542. The minimum Gasteiger partial charge on any atom is -0.388 e. The number of rotatable bonds is 5. The number of aryl methyl sites for hydroxylation is 1. The number of amides is 2. The number of hydrogen-bond acceptors (Lipinski definition) is 5. The molecule has 2 N–H and O–H groups in total. The van der Waals surface area contributed by atoms with Gasteiger partial charge in [0.05, 0.1) is 24.8 Å². The van der Waals surface area contributed by atoms with Gasteiger partial charge in [0.25, 0.3) is 5.91 Å². The molecule has 0 bridgehead atoms. The minimum atomic E-state index is -0.964. The van der Waals surface area contributed by atoms with Crippen LogP contribution in [0.1, 0.15) is 34.5 Å². The Morgan fingerprint density at radius 3 is 2.52 bits per heavy atom. The first-order chi connectivity index (χ1) is 12.9. The van der Waals surface area contributed by atoms with Crippen LogP contribution in [0.4, 0.5) is 0 Å². The average molecular weight is 371 g/mol. The van der Waals surface area contributed by atoms with Crippen LogP contribution in [0.2, 0.25) is 0 Å². The molecule has 1 aromatic heterocycles. The highest BCUT2D eigenvalue weighted by Gasteiger charge is 2.34. The number of carbonyl (C=O) groups excluding carboxylic acids is 2. The van der Waals surface area contributed by atoms with Crippen molar-refractivity contribution in [2.45, 2.75) is 38.3 Å². The Morgan fingerprint density at radius 2 is 1.89 bits per heavy atom. The van der Waals surface area contributed by atoms with E-state index in [0.717, 1.165) is 5.56 Å². The molecule has 1 fully saturated rings. The standard InChI is InChI=1S/C19H25N5O3/c1-14-3-5-15(6-4-14)11-17(25)23-9-7-19(27,8-10-23)13-24-12-16(21-22-24)18(26)20-2/h3-6,12,27H,7-11,13H2,1-2H3,(H,20,26). The summed E-state index contributed by atoms with van der Waals surface area (Å²) in [5.74, 6) is -0.242. The lowest BCUT2D eigenvalue weighted by Crippen LogP contribution is -2.49. The Labute approximate surface area is 158 Å². The summed E-state index contributed by atoms with van der Waals surface area (Å²) in [4.78, 5) is 25.9. The molecule has 8 nitrogen and oxygen atoms in total. The second kappa shape index (κ2) is 7.87. The molecule has 0 spiro atoms. The van der Waals surface area contributed by atoms with Crippen LogP contribution in [-0.4, -0.2) is 62.6 Å². The third-order valence-corrected chi connectivity index (χ3v) is 4.98. The molecule has 0 atom stereocenters. The van der Waals surface area contributed by atoms with Crippen molar-refractivity contribution < 1.29 is 14.7 Å². The minimum absolute atomic E-state index is 0.0727. The van der Waals surface area contributed by atoms with Gasteiger partial charge < -0.3 is 15.3 Å². The van der Waals surface area contributed by atoms with Gasteiger partial charge >= 0.3 is 0 Å². The van der Waals surface area contributed by atoms with E-state index in [2.05, 4.69) is 15.6 Å². The van der Waals surface area contributed by atoms with Gasteiger partial charge in [0.1, 0.15) is 0 Å². The summed E-state index contributed by atoms with van der Waals surface area (Å²) in [5, 5.41) is 21.0. The molecule has 27 heavy (non-hydrogen) atoms. The molecule has 1 aliphatic rings. The summed E-state index contributed by atoms with van der Waals surface area (Å²) >= 11 is 0. The maximum Gasteiger partial charge on any atom is 0.273 e. The Bertz CT molecular complexity index is 807. The van der Waals surface area contributed by atoms with Gasteiger partial charge in [0.2, 0.25) is 5.91 Å². The van der Waals surface area contributed by atoms with Crippen LogP contribution in [0.5, 0.6) is 0 Å². The van der Waals surface area contributed by atoms with E-state index in [1.807, 2.05) is 31.2 Å². The molecular weight excluding hydrogens is 346 g/mol. The van der Waals surface area contributed by atoms with Gasteiger partial charge in [-0.2, -0.15) is 0 Å². The fourth-order valence-electron chi connectivity index (χ4n) is 3.23. The monoisotopic (exact) mass is 371 g/mol. The summed E-state index contributed by atoms with van der Waals surface area (Å²) in [6.45, 7) is 3.26. The lowest BCUT2D eigenvalue weighted by Gasteiger charge is -2.38. The summed E-state index contributed by atoms with van der Waals surface area (Å²) in [7, 11) is 1.53. The largest absolute Gasteiger partial charge is 0.388 e. The number of aliphatic hydroxyl groups is 1. The zero-order chi connectivity index (χ0) is 19.4. The second-order valence-corrected chi connectivity index (χ2v) is 7.15. The fraction of sp³-hybridized carbons (Fsp3) is 0.474. The van der Waals surface area contributed by atoms with Gasteiger partial charge in [0, 0.05) is 20.1 Å². The average Bonchev–Trinajstić information content (AvgIpc) is 3.11. The van der Waals surface area contributed by atoms with Gasteiger partial charge in [-0.25, -0.2) is 4.68 Å². The van der Waals surface area contributed by atoms with Crippen molar-refractivity contribution in [2.24, 2.45) is 0 Å². The molecule has 2 aromatic rings. The van der Waals surface area contributed by atoms with Crippen LogP contribution in [0.15, 0.2) is 30.5 Å². The number of likely N-dealkylation sites (tertiary alicyclic amines) is 1. The van der Waals surface area contributed by atoms with Crippen LogP contribution in [0.25, 0.3) is 0 Å². The van der Waals surface area contributed by atoms with E-state index < -0.39 is 5.60 Å². The number of benzene rings is 1. The smallest absolute Gasteiger partial charge is 0.273 e. The lowest BCUT2D eigenvalue weighted by atomic mass is 9.91. The van der Waals surface area contributed by atoms with Gasteiger partial charge in [-0.15, -0.1) is 5.10 Å². The third kappa shape index (κ3) is 4.71. The molecule has 3 rings (SSSR count). The highest BCUT2D eigenvalue weighted by Crippen LogP contribution is 2.24. The molecule has 0 radical (unpaired) electrons. The molecular formula is C19H25N5O3. The Hall–Kier alpha value is -2.74. The van der Waals surface area contributed by atoms with E-state index in [1.165, 1.54) is 23.5 Å². The van der Waals surface area contributed by atoms with Crippen LogP contribution in [0.3, 0.4) is 0 Å².